The first kappa shape index (κ1) is 19.2. The average molecular weight is 380 g/mol. The Hall–Kier alpha value is -3.11. The largest absolute Gasteiger partial charge is 0.506 e. The van der Waals surface area contributed by atoms with Gasteiger partial charge < -0.3 is 19.5 Å². The normalized spacial score (nSPS) is 14.2. The van der Waals surface area contributed by atoms with E-state index in [4.69, 9.17) is 9.88 Å². The van der Waals surface area contributed by atoms with Crippen molar-refractivity contribution in [1.82, 2.24) is 0 Å². The Morgan fingerprint density at radius 1 is 1.12 bits per heavy atom. The molecule has 1 aromatic carbocycles. The number of ether oxygens (including phenoxy) is 2. The summed E-state index contributed by atoms with van der Waals surface area (Å²) in [4.78, 5) is 25.2. The van der Waals surface area contributed by atoms with Crippen molar-refractivity contribution in [2.75, 3.05) is 19.1 Å². The van der Waals surface area contributed by atoms with E-state index >= 15 is 0 Å². The van der Waals surface area contributed by atoms with Crippen molar-refractivity contribution in [1.29, 1.82) is 0 Å². The third kappa shape index (κ3) is 3.76. The number of esters is 2. The molecule has 2 rings (SSSR count). The van der Waals surface area contributed by atoms with Crippen LogP contribution in [0.2, 0.25) is 0 Å². The van der Waals surface area contributed by atoms with Gasteiger partial charge in [-0.15, -0.1) is 0 Å². The van der Waals surface area contributed by atoms with E-state index in [1.807, 2.05) is 0 Å². The van der Waals surface area contributed by atoms with Crippen LogP contribution in [-0.4, -0.2) is 39.7 Å². The number of allylic oxidation sites excluding steroid dienone is 2. The summed E-state index contributed by atoms with van der Waals surface area (Å²) in [5.41, 5.74) is -0.519. The molecular weight excluding hydrogens is 364 g/mol. The number of primary sulfonamides is 1. The molecule has 1 aromatic rings. The molecule has 1 heterocycles. The Morgan fingerprint density at radius 2 is 1.77 bits per heavy atom. The minimum Gasteiger partial charge on any atom is -0.506 e. The molecule has 0 saturated heterocycles. The van der Waals surface area contributed by atoms with E-state index in [2.05, 4.69) is 4.74 Å². The van der Waals surface area contributed by atoms with Crippen molar-refractivity contribution in [3.05, 3.63) is 53.9 Å². The molecule has 9 nitrogen and oxygen atoms in total. The topological polar surface area (TPSA) is 136 Å². The number of carbonyl (C=O) groups is 2. The number of phenols is 1. The lowest BCUT2D eigenvalue weighted by Gasteiger charge is -2.24. The van der Waals surface area contributed by atoms with E-state index in [0.29, 0.717) is 0 Å². The molecule has 0 spiro atoms. The summed E-state index contributed by atoms with van der Waals surface area (Å²) in [7, 11) is -1.82. The molecule has 3 N–H and O–H groups in total. The Bertz CT molecular complexity index is 945. The van der Waals surface area contributed by atoms with Gasteiger partial charge in [0.25, 0.3) is 0 Å². The molecule has 0 amide bonds. The lowest BCUT2D eigenvalue weighted by molar-refractivity contribution is -0.139. The predicted octanol–water partition coefficient (Wildman–Crippen LogP) is 0.530. The van der Waals surface area contributed by atoms with Gasteiger partial charge in [0.15, 0.2) is 0 Å². The standard InChI is InChI=1S/C16H16N2O7S/c1-24-15(20)11-5-3-4-8-18(14(11)16(21)25-2)12-9-10(26(17,22)23)6-7-13(12)19/h3-9,19H,1-2H3,(H2,17,22,23). The van der Waals surface area contributed by atoms with Gasteiger partial charge in [-0.2, -0.15) is 0 Å². The maximum Gasteiger partial charge on any atom is 0.355 e. The molecule has 26 heavy (non-hydrogen) atoms. The maximum absolute atomic E-state index is 12.3. The summed E-state index contributed by atoms with van der Waals surface area (Å²) < 4.78 is 32.6. The lowest BCUT2D eigenvalue weighted by atomic mass is 10.1. The predicted molar refractivity (Wildman–Crippen MR) is 91.3 cm³/mol. The van der Waals surface area contributed by atoms with Crippen molar-refractivity contribution in [2.24, 2.45) is 5.14 Å². The van der Waals surface area contributed by atoms with Crippen LogP contribution in [-0.2, 0) is 29.1 Å². The van der Waals surface area contributed by atoms with Crippen LogP contribution in [0.3, 0.4) is 0 Å². The van der Waals surface area contributed by atoms with E-state index < -0.39 is 22.0 Å². The number of benzene rings is 1. The molecule has 138 valence electrons. The molecule has 10 heteroatoms. The highest BCUT2D eigenvalue weighted by molar-refractivity contribution is 7.89. The number of phenolic OH excluding ortho intramolecular Hbond substituents is 1. The summed E-state index contributed by atoms with van der Waals surface area (Å²) >= 11 is 0. The summed E-state index contributed by atoms with van der Waals surface area (Å²) in [6.07, 6.45) is 5.62. The van der Waals surface area contributed by atoms with Crippen LogP contribution in [0.4, 0.5) is 5.69 Å². The minimum atomic E-state index is -4.07. The van der Waals surface area contributed by atoms with Gasteiger partial charge in [0, 0.05) is 6.20 Å². The van der Waals surface area contributed by atoms with Gasteiger partial charge in [-0.25, -0.2) is 23.1 Å². The molecule has 0 fully saturated rings. The number of rotatable bonds is 4. The Kier molecular flexibility index (Phi) is 5.48. The van der Waals surface area contributed by atoms with Gasteiger partial charge >= 0.3 is 11.9 Å². The Balaban J connectivity index is 2.77. The highest BCUT2D eigenvalue weighted by atomic mass is 32.2. The molecule has 0 unspecified atom stereocenters. The van der Waals surface area contributed by atoms with Gasteiger partial charge in [0.05, 0.1) is 30.4 Å². The van der Waals surface area contributed by atoms with Gasteiger partial charge in [0.1, 0.15) is 11.4 Å². The highest BCUT2D eigenvalue weighted by Crippen LogP contribution is 2.34. The number of aromatic hydroxyl groups is 1. The maximum atomic E-state index is 12.3. The van der Waals surface area contributed by atoms with Crippen LogP contribution in [0.25, 0.3) is 0 Å². The Labute approximate surface area is 149 Å². The van der Waals surface area contributed by atoms with E-state index in [0.717, 1.165) is 37.3 Å². The van der Waals surface area contributed by atoms with Crippen molar-refractivity contribution in [3.8, 4) is 5.75 Å². The van der Waals surface area contributed by atoms with Crippen LogP contribution in [0.15, 0.2) is 58.8 Å². The average Bonchev–Trinajstić information content (AvgIpc) is 2.82. The number of carbonyl (C=O) groups excluding carboxylic acids is 2. The smallest absolute Gasteiger partial charge is 0.355 e. The second-order valence-corrected chi connectivity index (χ2v) is 6.57. The fraction of sp³-hybridized carbons (Fsp3) is 0.125. The van der Waals surface area contributed by atoms with Crippen LogP contribution in [0.1, 0.15) is 0 Å². The van der Waals surface area contributed by atoms with Crippen LogP contribution < -0.4 is 10.0 Å². The van der Waals surface area contributed by atoms with E-state index in [9.17, 15) is 23.1 Å². The molecule has 0 radical (unpaired) electrons. The number of anilines is 1. The van der Waals surface area contributed by atoms with E-state index in [1.54, 1.807) is 0 Å². The second kappa shape index (κ2) is 7.42. The summed E-state index contributed by atoms with van der Waals surface area (Å²) in [5.74, 6) is -2.07. The molecule has 0 aromatic heterocycles. The second-order valence-electron chi connectivity index (χ2n) is 5.01. The zero-order valence-corrected chi connectivity index (χ0v) is 14.7. The van der Waals surface area contributed by atoms with Gasteiger partial charge in [-0.1, -0.05) is 6.08 Å². The fourth-order valence-corrected chi connectivity index (χ4v) is 2.76. The van der Waals surface area contributed by atoms with Crippen molar-refractivity contribution in [2.45, 2.75) is 4.90 Å². The summed E-state index contributed by atoms with van der Waals surface area (Å²) in [6, 6.07) is 3.28. The quantitative estimate of drug-likeness (QED) is 0.722. The van der Waals surface area contributed by atoms with Crippen molar-refractivity contribution < 1.29 is 32.6 Å². The zero-order valence-electron chi connectivity index (χ0n) is 13.9. The fourth-order valence-electron chi connectivity index (χ4n) is 2.22. The first-order chi connectivity index (χ1) is 12.2. The molecule has 1 aliphatic rings. The molecule has 0 aliphatic carbocycles. The molecule has 0 saturated carbocycles. The van der Waals surface area contributed by atoms with Crippen molar-refractivity contribution >= 4 is 27.6 Å². The number of sulfonamides is 1. The van der Waals surface area contributed by atoms with E-state index in [-0.39, 0.29) is 27.6 Å². The first-order valence-electron chi connectivity index (χ1n) is 7.11. The highest BCUT2D eigenvalue weighted by Gasteiger charge is 2.29. The number of nitrogens with two attached hydrogens (primary N) is 1. The minimum absolute atomic E-state index is 0.0988. The van der Waals surface area contributed by atoms with Crippen molar-refractivity contribution in [3.63, 3.8) is 0 Å². The molecule has 1 aliphatic heterocycles. The summed E-state index contributed by atoms with van der Waals surface area (Å²) in [5, 5.41) is 15.3. The summed E-state index contributed by atoms with van der Waals surface area (Å²) in [6.45, 7) is 0. The number of methoxy groups -OCH3 is 2. The zero-order chi connectivity index (χ0) is 19.5. The first-order valence-corrected chi connectivity index (χ1v) is 8.66. The molecule has 0 atom stereocenters. The monoisotopic (exact) mass is 380 g/mol. The van der Waals surface area contributed by atoms with Crippen LogP contribution in [0.5, 0.6) is 5.75 Å². The third-order valence-electron chi connectivity index (χ3n) is 3.42. The number of nitrogens with zero attached hydrogens (tertiary/aromatic N) is 1. The van der Waals surface area contributed by atoms with Crippen LogP contribution in [0, 0.1) is 0 Å². The third-order valence-corrected chi connectivity index (χ3v) is 4.34. The Morgan fingerprint density at radius 3 is 2.35 bits per heavy atom. The van der Waals surface area contributed by atoms with E-state index in [1.165, 1.54) is 24.4 Å². The van der Waals surface area contributed by atoms with Gasteiger partial charge in [0.2, 0.25) is 10.0 Å². The molecule has 0 bridgehead atoms. The SMILES string of the molecule is COC(=O)C1=C(C(=O)OC)N(c2cc(S(N)(=O)=O)ccc2O)C=CC=C1. The number of hydrogen-bond donors (Lipinski definition) is 2. The molecular formula is C16H16N2O7S. The lowest BCUT2D eigenvalue weighted by Crippen LogP contribution is -2.27. The van der Waals surface area contributed by atoms with Gasteiger partial charge in [-0.3, -0.25) is 0 Å². The number of hydrogen-bond acceptors (Lipinski definition) is 8. The van der Waals surface area contributed by atoms with Gasteiger partial charge in [-0.05, 0) is 30.4 Å². The van der Waals surface area contributed by atoms with Crippen LogP contribution >= 0.6 is 0 Å².